The number of allylic oxidation sites excluding steroid dienone is 2. The maximum atomic E-state index is 11.7. The lowest BCUT2D eigenvalue weighted by atomic mass is 9.76. The first kappa shape index (κ1) is 36.7. The van der Waals surface area contributed by atoms with E-state index in [1.807, 2.05) is 84.9 Å². The third-order valence-electron chi connectivity index (χ3n) is 7.88. The number of carbonyl (C=O) groups excluding carboxylic acids is 2. The fourth-order valence-corrected chi connectivity index (χ4v) is 5.14. The van der Waals surface area contributed by atoms with Gasteiger partial charge in [0.15, 0.2) is 0 Å². The van der Waals surface area contributed by atoms with E-state index in [-0.39, 0.29) is 26.4 Å². The lowest BCUT2D eigenvalue weighted by molar-refractivity contribution is -0.142. The highest BCUT2D eigenvalue weighted by atomic mass is 16.6. The van der Waals surface area contributed by atoms with Crippen LogP contribution in [0, 0.1) is 0 Å². The van der Waals surface area contributed by atoms with E-state index in [9.17, 15) is 19.8 Å². The summed E-state index contributed by atoms with van der Waals surface area (Å²) in [6.07, 6.45) is 3.74. The molecule has 2 atom stereocenters. The van der Waals surface area contributed by atoms with Crippen LogP contribution in [0.2, 0.25) is 0 Å². The normalized spacial score (nSPS) is 12.9. The number of rotatable bonds is 16. The first-order valence-corrected chi connectivity index (χ1v) is 16.2. The molecule has 0 bridgehead atoms. The Bertz CT molecular complexity index is 1600. The van der Waals surface area contributed by atoms with Crippen molar-refractivity contribution in [2.75, 3.05) is 26.4 Å². The number of carbonyl (C=O) groups is 2. The quantitative estimate of drug-likeness (QED) is 0.0968. The van der Waals surface area contributed by atoms with Gasteiger partial charge in [-0.05, 0) is 60.4 Å². The molecule has 2 N–H and O–H groups in total. The molecule has 4 rings (SSSR count). The van der Waals surface area contributed by atoms with Crippen molar-refractivity contribution in [2.45, 2.75) is 45.3 Å². The summed E-state index contributed by atoms with van der Waals surface area (Å²) in [5.74, 6) is 0.142. The number of esters is 2. The Morgan fingerprint density at radius 1 is 0.612 bits per heavy atom. The Balaban J connectivity index is 1.61. The molecule has 0 radical (unpaired) electrons. The summed E-state index contributed by atoms with van der Waals surface area (Å²) in [7, 11) is 0. The largest absolute Gasteiger partial charge is 0.490 e. The Kier molecular flexibility index (Phi) is 13.3. The van der Waals surface area contributed by atoms with Gasteiger partial charge in [-0.1, -0.05) is 98.8 Å². The van der Waals surface area contributed by atoms with Crippen LogP contribution >= 0.6 is 0 Å². The highest BCUT2D eigenvalue weighted by Gasteiger charge is 2.26. The molecule has 0 aliphatic rings. The summed E-state index contributed by atoms with van der Waals surface area (Å²) in [6, 6.07) is 31.8. The average Bonchev–Trinajstić information content (AvgIpc) is 3.12. The molecule has 0 fully saturated rings. The molecule has 0 amide bonds. The molecular formula is C41H44O8. The highest BCUT2D eigenvalue weighted by Crippen LogP contribution is 2.41. The molecule has 0 heterocycles. The average molecular weight is 665 g/mol. The van der Waals surface area contributed by atoms with Crippen LogP contribution in [0.25, 0.3) is 22.3 Å². The standard InChI is InChI=1S/C41H44O8/c1-5-13-39(44)48-27-33(42)25-46-37-21-19-31(23-35(37)29-15-9-7-10-16-29)41(3,4)32-20-22-38(36(24-32)30-17-11-8-12-18-30)47-26-34(43)28-49-40(45)14-6-2/h5-24,33-34,42-43H,25-28H2,1-4H3. The topological polar surface area (TPSA) is 112 Å². The molecule has 4 aromatic carbocycles. The number of hydrogen-bond acceptors (Lipinski definition) is 8. The van der Waals surface area contributed by atoms with Crippen LogP contribution in [0.3, 0.4) is 0 Å². The summed E-state index contributed by atoms with van der Waals surface area (Å²) >= 11 is 0. The van der Waals surface area contributed by atoms with Gasteiger partial charge in [0.2, 0.25) is 0 Å². The van der Waals surface area contributed by atoms with E-state index < -0.39 is 29.6 Å². The van der Waals surface area contributed by atoms with Crippen LogP contribution in [0.15, 0.2) is 121 Å². The Hall–Kier alpha value is -5.18. The monoisotopic (exact) mass is 664 g/mol. The zero-order valence-electron chi connectivity index (χ0n) is 28.4. The van der Waals surface area contributed by atoms with Crippen molar-refractivity contribution in [1.82, 2.24) is 0 Å². The second-order valence-corrected chi connectivity index (χ2v) is 12.0. The van der Waals surface area contributed by atoms with Gasteiger partial charge in [-0.15, -0.1) is 0 Å². The van der Waals surface area contributed by atoms with Gasteiger partial charge < -0.3 is 29.2 Å². The first-order valence-electron chi connectivity index (χ1n) is 16.2. The molecule has 0 spiro atoms. The van der Waals surface area contributed by atoms with Crippen molar-refractivity contribution >= 4 is 11.9 Å². The van der Waals surface area contributed by atoms with Crippen LogP contribution in [-0.4, -0.2) is 60.8 Å². The van der Waals surface area contributed by atoms with Gasteiger partial charge in [-0.3, -0.25) is 0 Å². The predicted molar refractivity (Wildman–Crippen MR) is 190 cm³/mol. The Morgan fingerprint density at radius 2 is 1.00 bits per heavy atom. The zero-order chi connectivity index (χ0) is 35.2. The molecule has 8 nitrogen and oxygen atoms in total. The summed E-state index contributed by atoms with van der Waals surface area (Å²) in [6.45, 7) is 7.26. The number of hydrogen-bond donors (Lipinski definition) is 2. The molecule has 0 saturated carbocycles. The zero-order valence-corrected chi connectivity index (χ0v) is 28.4. The lowest BCUT2D eigenvalue weighted by Crippen LogP contribution is -2.25. The molecular weight excluding hydrogens is 620 g/mol. The van der Waals surface area contributed by atoms with Crippen LogP contribution in [0.4, 0.5) is 0 Å². The lowest BCUT2D eigenvalue weighted by Gasteiger charge is -2.29. The number of aliphatic hydroxyl groups is 2. The number of ether oxygens (including phenoxy) is 4. The minimum absolute atomic E-state index is 0.0551. The molecule has 0 aromatic heterocycles. The minimum atomic E-state index is -1.000. The SMILES string of the molecule is CC=CC(=O)OCC(O)COc1ccc(C(C)(C)c2ccc(OCC(O)COC(=O)C=CC)c(-c3ccccc3)c2)cc1-c1ccccc1. The van der Waals surface area contributed by atoms with Crippen molar-refractivity contribution in [2.24, 2.45) is 0 Å². The van der Waals surface area contributed by atoms with Gasteiger partial charge >= 0.3 is 11.9 Å². The molecule has 0 aliphatic carbocycles. The minimum Gasteiger partial charge on any atom is -0.490 e. The van der Waals surface area contributed by atoms with E-state index in [1.54, 1.807) is 26.0 Å². The van der Waals surface area contributed by atoms with E-state index in [1.165, 1.54) is 12.2 Å². The number of aliphatic hydroxyl groups excluding tert-OH is 2. The van der Waals surface area contributed by atoms with Gasteiger partial charge in [0.25, 0.3) is 0 Å². The van der Waals surface area contributed by atoms with E-state index >= 15 is 0 Å². The van der Waals surface area contributed by atoms with Crippen molar-refractivity contribution < 1.29 is 38.7 Å². The van der Waals surface area contributed by atoms with Crippen molar-refractivity contribution in [3.63, 3.8) is 0 Å². The summed E-state index contributed by atoms with van der Waals surface area (Å²) in [5, 5.41) is 20.9. The van der Waals surface area contributed by atoms with Crippen LogP contribution in [0.1, 0.15) is 38.8 Å². The van der Waals surface area contributed by atoms with Gasteiger partial charge in [-0.2, -0.15) is 0 Å². The molecule has 0 aliphatic heterocycles. The van der Waals surface area contributed by atoms with Crippen LogP contribution < -0.4 is 9.47 Å². The van der Waals surface area contributed by atoms with E-state index in [0.717, 1.165) is 33.4 Å². The van der Waals surface area contributed by atoms with Gasteiger partial charge in [0.05, 0.1) is 0 Å². The maximum Gasteiger partial charge on any atom is 0.330 e. The smallest absolute Gasteiger partial charge is 0.330 e. The summed E-state index contributed by atoms with van der Waals surface area (Å²) in [5.41, 5.74) is 5.22. The van der Waals surface area contributed by atoms with Crippen LogP contribution in [0.5, 0.6) is 11.5 Å². The Labute approximate surface area is 288 Å². The van der Waals surface area contributed by atoms with Gasteiger partial charge in [0.1, 0.15) is 50.1 Å². The highest BCUT2D eigenvalue weighted by molar-refractivity contribution is 5.82. The van der Waals surface area contributed by atoms with Crippen LogP contribution in [-0.2, 0) is 24.5 Å². The molecule has 2 unspecified atom stereocenters. The molecule has 8 heteroatoms. The second kappa shape index (κ2) is 17.8. The fourth-order valence-electron chi connectivity index (χ4n) is 5.14. The molecule has 0 saturated heterocycles. The third-order valence-corrected chi connectivity index (χ3v) is 7.88. The molecule has 49 heavy (non-hydrogen) atoms. The maximum absolute atomic E-state index is 11.7. The third kappa shape index (κ3) is 10.4. The Morgan fingerprint density at radius 3 is 1.37 bits per heavy atom. The summed E-state index contributed by atoms with van der Waals surface area (Å²) < 4.78 is 22.3. The second-order valence-electron chi connectivity index (χ2n) is 12.0. The van der Waals surface area contributed by atoms with Gasteiger partial charge in [-0.25, -0.2) is 9.59 Å². The predicted octanol–water partition coefficient (Wildman–Crippen LogP) is 7.06. The van der Waals surface area contributed by atoms with E-state index in [2.05, 4.69) is 26.0 Å². The first-order chi connectivity index (χ1) is 23.6. The van der Waals surface area contributed by atoms with Crippen molar-refractivity contribution in [1.29, 1.82) is 0 Å². The fraction of sp³-hybridized carbons (Fsp3) is 0.268. The number of benzene rings is 4. The van der Waals surface area contributed by atoms with Crippen molar-refractivity contribution in [3.05, 3.63) is 132 Å². The van der Waals surface area contributed by atoms with Crippen molar-refractivity contribution in [3.8, 4) is 33.8 Å². The summed E-state index contributed by atoms with van der Waals surface area (Å²) in [4.78, 5) is 23.3. The van der Waals surface area contributed by atoms with E-state index in [0.29, 0.717) is 11.5 Å². The molecule has 4 aromatic rings. The van der Waals surface area contributed by atoms with Gasteiger partial charge in [0, 0.05) is 28.7 Å². The van der Waals surface area contributed by atoms with E-state index in [4.69, 9.17) is 18.9 Å². The molecule has 256 valence electrons.